The third-order valence-electron chi connectivity index (χ3n) is 4.25. The molecule has 154 valence electrons. The van der Waals surface area contributed by atoms with Gasteiger partial charge in [-0.2, -0.15) is 13.2 Å². The number of halogens is 5. The maximum Gasteiger partial charge on any atom is 0.416 e. The van der Waals surface area contributed by atoms with Crippen molar-refractivity contribution in [2.45, 2.75) is 18.7 Å². The predicted molar refractivity (Wildman–Crippen MR) is 94.6 cm³/mol. The molecule has 10 heteroatoms. The van der Waals surface area contributed by atoms with E-state index in [9.17, 15) is 27.2 Å². The number of carbonyl (C=O) groups is 2. The molecule has 0 aliphatic carbocycles. The first kappa shape index (κ1) is 20.9. The molecule has 1 amide bonds. The van der Waals surface area contributed by atoms with Gasteiger partial charge in [0.1, 0.15) is 17.7 Å². The van der Waals surface area contributed by atoms with E-state index < -0.39 is 41.1 Å². The average Bonchev–Trinajstić information content (AvgIpc) is 3.07. The van der Waals surface area contributed by atoms with E-state index in [4.69, 9.17) is 16.3 Å². The van der Waals surface area contributed by atoms with E-state index in [0.29, 0.717) is 35.9 Å². The van der Waals surface area contributed by atoms with E-state index in [1.165, 1.54) is 13.2 Å². The molecule has 0 saturated carbocycles. The largest absolute Gasteiger partial charge is 0.486 e. The lowest BCUT2D eigenvalue weighted by Crippen LogP contribution is -2.34. The van der Waals surface area contributed by atoms with Gasteiger partial charge in [-0.25, -0.2) is 9.18 Å². The van der Waals surface area contributed by atoms with E-state index in [0.717, 1.165) is 0 Å². The fourth-order valence-corrected chi connectivity index (χ4v) is 3.21. The molecule has 0 saturated heterocycles. The van der Waals surface area contributed by atoms with Crippen LogP contribution in [0.4, 0.5) is 17.6 Å². The maximum absolute atomic E-state index is 13.5. The van der Waals surface area contributed by atoms with Crippen molar-refractivity contribution < 1.29 is 36.6 Å². The molecule has 1 heterocycles. The molecular formula is C19H14ClF4NO4. The van der Waals surface area contributed by atoms with Crippen LogP contribution in [0.2, 0.25) is 5.02 Å². The van der Waals surface area contributed by atoms with Crippen LogP contribution in [-0.2, 0) is 17.3 Å². The smallest absolute Gasteiger partial charge is 0.416 e. The zero-order valence-corrected chi connectivity index (χ0v) is 15.7. The molecule has 5 nitrogen and oxygen atoms in total. The van der Waals surface area contributed by atoms with Crippen LogP contribution >= 0.6 is 11.6 Å². The fraction of sp³-hybridized carbons (Fsp3) is 0.263. The van der Waals surface area contributed by atoms with Gasteiger partial charge in [0, 0.05) is 17.5 Å². The molecule has 0 bridgehead atoms. The monoisotopic (exact) mass is 431 g/mol. The van der Waals surface area contributed by atoms with Gasteiger partial charge in [-0.15, -0.1) is 0 Å². The van der Waals surface area contributed by atoms with Crippen LogP contribution in [-0.4, -0.2) is 31.6 Å². The molecule has 1 N–H and O–H groups in total. The minimum absolute atomic E-state index is 0.0603. The number of alkyl halides is 3. The van der Waals surface area contributed by atoms with E-state index in [2.05, 4.69) is 10.1 Å². The number of hydrogen-bond acceptors (Lipinski definition) is 4. The second kappa shape index (κ2) is 7.90. The highest BCUT2D eigenvalue weighted by atomic mass is 35.5. The van der Waals surface area contributed by atoms with Crippen LogP contribution in [0.25, 0.3) is 0 Å². The summed E-state index contributed by atoms with van der Waals surface area (Å²) >= 11 is 6.11. The normalized spacial score (nSPS) is 15.4. The molecule has 1 aliphatic rings. The number of ether oxygens (including phenoxy) is 2. The van der Waals surface area contributed by atoms with Crippen molar-refractivity contribution >= 4 is 23.5 Å². The number of hydrogen-bond donors (Lipinski definition) is 1. The Morgan fingerprint density at radius 2 is 1.93 bits per heavy atom. The topological polar surface area (TPSA) is 64.6 Å². The van der Waals surface area contributed by atoms with Crippen LogP contribution in [0.5, 0.6) is 5.75 Å². The lowest BCUT2D eigenvalue weighted by atomic mass is 10.1. The Balaban J connectivity index is 1.68. The zero-order valence-electron chi connectivity index (χ0n) is 14.9. The first-order chi connectivity index (χ1) is 13.6. The SMILES string of the molecule is COC(=O)c1cc(Cl)c2c(c1)CC(CNC(=O)c1cc(F)cc(C(F)(F)F)c1)O2. The number of methoxy groups -OCH3 is 1. The number of benzene rings is 2. The highest BCUT2D eigenvalue weighted by Gasteiger charge is 2.32. The molecule has 1 aliphatic heterocycles. The molecule has 0 radical (unpaired) electrons. The molecule has 0 aromatic heterocycles. The van der Waals surface area contributed by atoms with Gasteiger partial charge in [0.05, 0.1) is 29.8 Å². The van der Waals surface area contributed by atoms with Crippen LogP contribution < -0.4 is 10.1 Å². The standard InChI is InChI=1S/C19H14ClF4NO4/c1-28-18(27)11-2-9-5-14(29-16(9)15(20)6-11)8-25-17(26)10-3-12(19(22,23)24)7-13(21)4-10/h2-4,6-7,14H,5,8H2,1H3,(H,25,26). The summed E-state index contributed by atoms with van der Waals surface area (Å²) in [5.41, 5.74) is -0.848. The minimum atomic E-state index is -4.78. The first-order valence-electron chi connectivity index (χ1n) is 8.32. The molecule has 3 rings (SSSR count). The Kier molecular flexibility index (Phi) is 5.70. The van der Waals surface area contributed by atoms with Gasteiger partial charge in [0.2, 0.25) is 0 Å². The second-order valence-electron chi connectivity index (χ2n) is 6.32. The fourth-order valence-electron chi connectivity index (χ4n) is 2.93. The zero-order chi connectivity index (χ0) is 21.3. The van der Waals surface area contributed by atoms with E-state index in [-0.39, 0.29) is 17.1 Å². The Bertz CT molecular complexity index is 977. The molecule has 1 unspecified atom stereocenters. The Morgan fingerprint density at radius 3 is 2.59 bits per heavy atom. The van der Waals surface area contributed by atoms with Gasteiger partial charge in [0.25, 0.3) is 5.91 Å². The molecule has 2 aromatic carbocycles. The van der Waals surface area contributed by atoms with Gasteiger partial charge in [-0.1, -0.05) is 11.6 Å². The highest BCUT2D eigenvalue weighted by molar-refractivity contribution is 6.32. The number of amides is 1. The summed E-state index contributed by atoms with van der Waals surface area (Å²) in [6, 6.07) is 4.54. The Hall–Kier alpha value is -2.81. The first-order valence-corrected chi connectivity index (χ1v) is 8.69. The van der Waals surface area contributed by atoms with E-state index in [1.54, 1.807) is 6.07 Å². The number of esters is 1. The van der Waals surface area contributed by atoms with Gasteiger partial charge in [-0.3, -0.25) is 4.79 Å². The van der Waals surface area contributed by atoms with E-state index in [1.807, 2.05) is 0 Å². The summed E-state index contributed by atoms with van der Waals surface area (Å²) in [6.07, 6.45) is -5.03. The summed E-state index contributed by atoms with van der Waals surface area (Å²) in [5.74, 6) is -2.27. The van der Waals surface area contributed by atoms with Gasteiger partial charge in [-0.05, 0) is 30.3 Å². The van der Waals surface area contributed by atoms with Crippen molar-refractivity contribution in [3.8, 4) is 5.75 Å². The Morgan fingerprint density at radius 1 is 1.21 bits per heavy atom. The number of carbonyl (C=O) groups excluding carboxylic acids is 2. The van der Waals surface area contributed by atoms with Crippen molar-refractivity contribution in [1.29, 1.82) is 0 Å². The summed E-state index contributed by atoms with van der Waals surface area (Å²) < 4.78 is 62.1. The summed E-state index contributed by atoms with van der Waals surface area (Å²) in [7, 11) is 1.23. The van der Waals surface area contributed by atoms with Crippen LogP contribution in [0.15, 0.2) is 30.3 Å². The quantitative estimate of drug-likeness (QED) is 0.586. The van der Waals surface area contributed by atoms with Crippen LogP contribution in [0.1, 0.15) is 31.8 Å². The molecular weight excluding hydrogens is 418 g/mol. The van der Waals surface area contributed by atoms with Crippen molar-refractivity contribution in [2.75, 3.05) is 13.7 Å². The van der Waals surface area contributed by atoms with Gasteiger partial charge in [0.15, 0.2) is 0 Å². The number of nitrogens with one attached hydrogen (secondary N) is 1. The summed E-state index contributed by atoms with van der Waals surface area (Å²) in [4.78, 5) is 23.8. The average molecular weight is 432 g/mol. The third-order valence-corrected chi connectivity index (χ3v) is 4.53. The second-order valence-corrected chi connectivity index (χ2v) is 6.73. The predicted octanol–water partition coefficient (Wildman–Crippen LogP) is 4.02. The van der Waals surface area contributed by atoms with Crippen LogP contribution in [0, 0.1) is 5.82 Å². The highest BCUT2D eigenvalue weighted by Crippen LogP contribution is 2.37. The Labute approximate surface area is 167 Å². The molecule has 2 aromatic rings. The molecule has 0 spiro atoms. The molecule has 1 atom stereocenters. The van der Waals surface area contributed by atoms with Crippen molar-refractivity contribution in [3.63, 3.8) is 0 Å². The molecule has 29 heavy (non-hydrogen) atoms. The number of rotatable bonds is 4. The van der Waals surface area contributed by atoms with Crippen molar-refractivity contribution in [2.24, 2.45) is 0 Å². The minimum Gasteiger partial charge on any atom is -0.486 e. The van der Waals surface area contributed by atoms with Crippen LogP contribution in [0.3, 0.4) is 0 Å². The summed E-state index contributed by atoms with van der Waals surface area (Å²) in [5, 5.41) is 2.61. The lowest BCUT2D eigenvalue weighted by Gasteiger charge is -2.13. The molecule has 0 fully saturated rings. The lowest BCUT2D eigenvalue weighted by molar-refractivity contribution is -0.137. The van der Waals surface area contributed by atoms with Gasteiger partial charge >= 0.3 is 12.1 Å². The maximum atomic E-state index is 13.5. The summed E-state index contributed by atoms with van der Waals surface area (Å²) in [6.45, 7) is -0.0603. The van der Waals surface area contributed by atoms with Crippen molar-refractivity contribution in [3.05, 3.63) is 63.4 Å². The van der Waals surface area contributed by atoms with Crippen molar-refractivity contribution in [1.82, 2.24) is 5.32 Å². The van der Waals surface area contributed by atoms with E-state index >= 15 is 0 Å². The third kappa shape index (κ3) is 4.61. The van der Waals surface area contributed by atoms with Gasteiger partial charge < -0.3 is 14.8 Å². The number of fused-ring (bicyclic) bond motifs is 1.